The second-order valence-electron chi connectivity index (χ2n) is 4.81. The van der Waals surface area contributed by atoms with Gasteiger partial charge in [-0.25, -0.2) is 4.98 Å². The smallest absolute Gasteiger partial charge is 0.216 e. The van der Waals surface area contributed by atoms with E-state index in [1.807, 2.05) is 6.07 Å². The maximum Gasteiger partial charge on any atom is 0.216 e. The molecule has 1 fully saturated rings. The molecule has 0 atom stereocenters. The first-order valence-electron chi connectivity index (χ1n) is 6.36. The van der Waals surface area contributed by atoms with Crippen LogP contribution in [0.3, 0.4) is 0 Å². The maximum atomic E-state index is 10.9. The molecule has 1 amide bonds. The Balaban J connectivity index is 1.85. The Labute approximate surface area is 107 Å². The third-order valence-corrected chi connectivity index (χ3v) is 3.35. The van der Waals surface area contributed by atoms with Crippen LogP contribution in [0.4, 0.5) is 11.5 Å². The molecule has 0 aromatic carbocycles. The van der Waals surface area contributed by atoms with E-state index in [0.717, 1.165) is 44.0 Å². The molecule has 0 saturated carbocycles. The van der Waals surface area contributed by atoms with Crippen LogP contribution < -0.4 is 16.0 Å². The fourth-order valence-corrected chi connectivity index (χ4v) is 2.26. The molecule has 5 nitrogen and oxygen atoms in total. The van der Waals surface area contributed by atoms with Crippen molar-refractivity contribution in [1.82, 2.24) is 10.3 Å². The highest BCUT2D eigenvalue weighted by Crippen LogP contribution is 2.22. The fraction of sp³-hybridized carbons (Fsp3) is 0.538. The van der Waals surface area contributed by atoms with E-state index >= 15 is 0 Å². The maximum absolute atomic E-state index is 10.9. The van der Waals surface area contributed by atoms with Crippen molar-refractivity contribution < 1.29 is 4.79 Å². The van der Waals surface area contributed by atoms with Crippen molar-refractivity contribution >= 4 is 17.4 Å². The van der Waals surface area contributed by atoms with Crippen molar-refractivity contribution in [2.75, 3.05) is 30.3 Å². The molecule has 0 unspecified atom stereocenters. The average Bonchev–Trinajstić information content (AvgIpc) is 2.37. The van der Waals surface area contributed by atoms with E-state index in [4.69, 9.17) is 5.73 Å². The first kappa shape index (κ1) is 12.7. The van der Waals surface area contributed by atoms with Gasteiger partial charge in [-0.3, -0.25) is 4.79 Å². The molecule has 5 heteroatoms. The molecule has 1 aromatic heterocycles. The number of hydrogen-bond acceptors (Lipinski definition) is 4. The summed E-state index contributed by atoms with van der Waals surface area (Å²) in [7, 11) is 0. The van der Waals surface area contributed by atoms with Gasteiger partial charge in [0.2, 0.25) is 5.91 Å². The number of rotatable bonds is 3. The number of nitrogens with two attached hydrogens (primary N) is 1. The van der Waals surface area contributed by atoms with E-state index in [1.165, 1.54) is 0 Å². The first-order valence-corrected chi connectivity index (χ1v) is 6.36. The Morgan fingerprint density at radius 1 is 1.56 bits per heavy atom. The summed E-state index contributed by atoms with van der Waals surface area (Å²) in [5, 5.41) is 2.89. The van der Waals surface area contributed by atoms with Gasteiger partial charge in [-0.05, 0) is 24.8 Å². The Morgan fingerprint density at radius 3 is 2.89 bits per heavy atom. The Hall–Kier alpha value is -1.78. The minimum atomic E-state index is 0.0509. The highest BCUT2D eigenvalue weighted by atomic mass is 16.1. The number of piperidine rings is 1. The van der Waals surface area contributed by atoms with E-state index in [0.29, 0.717) is 5.92 Å². The topological polar surface area (TPSA) is 71.2 Å². The molecule has 1 aliphatic rings. The van der Waals surface area contributed by atoms with E-state index in [9.17, 15) is 4.79 Å². The summed E-state index contributed by atoms with van der Waals surface area (Å²) in [6.07, 6.45) is 3.90. The zero-order valence-electron chi connectivity index (χ0n) is 10.7. The number of nitrogens with one attached hydrogen (secondary N) is 1. The van der Waals surface area contributed by atoms with Crippen LogP contribution in [0.5, 0.6) is 0 Å². The largest absolute Gasteiger partial charge is 0.399 e. The second kappa shape index (κ2) is 5.71. The van der Waals surface area contributed by atoms with Gasteiger partial charge in [0.25, 0.3) is 0 Å². The van der Waals surface area contributed by atoms with Crippen molar-refractivity contribution in [2.24, 2.45) is 5.92 Å². The third kappa shape index (κ3) is 3.35. The monoisotopic (exact) mass is 248 g/mol. The quantitative estimate of drug-likeness (QED) is 0.837. The second-order valence-corrected chi connectivity index (χ2v) is 4.81. The molecule has 0 aliphatic carbocycles. The molecule has 1 saturated heterocycles. The van der Waals surface area contributed by atoms with Gasteiger partial charge in [-0.2, -0.15) is 0 Å². The van der Waals surface area contributed by atoms with Crippen LogP contribution in [-0.4, -0.2) is 30.5 Å². The molecule has 18 heavy (non-hydrogen) atoms. The van der Waals surface area contributed by atoms with Gasteiger partial charge < -0.3 is 16.0 Å². The summed E-state index contributed by atoms with van der Waals surface area (Å²) in [5.74, 6) is 1.58. The fourth-order valence-electron chi connectivity index (χ4n) is 2.26. The number of amides is 1. The summed E-state index contributed by atoms with van der Waals surface area (Å²) in [6, 6.07) is 3.71. The number of nitrogen functional groups attached to an aromatic ring is 1. The van der Waals surface area contributed by atoms with Gasteiger partial charge in [0, 0.05) is 44.5 Å². The van der Waals surface area contributed by atoms with Crippen molar-refractivity contribution in [3.05, 3.63) is 18.3 Å². The molecule has 2 rings (SSSR count). The third-order valence-electron chi connectivity index (χ3n) is 3.35. The van der Waals surface area contributed by atoms with Gasteiger partial charge in [0.05, 0.1) is 0 Å². The minimum absolute atomic E-state index is 0.0509. The van der Waals surface area contributed by atoms with Crippen LogP contribution in [0.25, 0.3) is 0 Å². The van der Waals surface area contributed by atoms with Crippen LogP contribution in [-0.2, 0) is 4.79 Å². The van der Waals surface area contributed by atoms with Gasteiger partial charge >= 0.3 is 0 Å². The molecular formula is C13H20N4O. The molecule has 3 N–H and O–H groups in total. The average molecular weight is 248 g/mol. The lowest BCUT2D eigenvalue weighted by Gasteiger charge is -2.32. The number of pyridine rings is 1. The van der Waals surface area contributed by atoms with Crippen LogP contribution in [0.15, 0.2) is 18.3 Å². The van der Waals surface area contributed by atoms with E-state index in [1.54, 1.807) is 19.2 Å². The molecule has 98 valence electrons. The summed E-state index contributed by atoms with van der Waals surface area (Å²) in [4.78, 5) is 17.5. The van der Waals surface area contributed by atoms with Crippen molar-refractivity contribution in [1.29, 1.82) is 0 Å². The Kier molecular flexibility index (Phi) is 4.02. The number of carbonyl (C=O) groups excluding carboxylic acids is 1. The summed E-state index contributed by atoms with van der Waals surface area (Å²) in [5.41, 5.74) is 6.51. The summed E-state index contributed by atoms with van der Waals surface area (Å²) in [6.45, 7) is 4.29. The van der Waals surface area contributed by atoms with Gasteiger partial charge in [0.15, 0.2) is 0 Å². The Bertz CT molecular complexity index is 413. The predicted molar refractivity (Wildman–Crippen MR) is 72.3 cm³/mol. The first-order chi connectivity index (χ1) is 8.65. The molecule has 2 heterocycles. The minimum Gasteiger partial charge on any atom is -0.399 e. The molecule has 1 aromatic rings. The zero-order chi connectivity index (χ0) is 13.0. The van der Waals surface area contributed by atoms with Crippen LogP contribution >= 0.6 is 0 Å². The summed E-state index contributed by atoms with van der Waals surface area (Å²) >= 11 is 0. The molecular weight excluding hydrogens is 228 g/mol. The van der Waals surface area contributed by atoms with Crippen LogP contribution in [0, 0.1) is 5.92 Å². The summed E-state index contributed by atoms with van der Waals surface area (Å²) < 4.78 is 0. The van der Waals surface area contributed by atoms with E-state index in [2.05, 4.69) is 15.2 Å². The van der Waals surface area contributed by atoms with Crippen LogP contribution in [0.1, 0.15) is 19.8 Å². The molecule has 0 bridgehead atoms. The lowest BCUT2D eigenvalue weighted by atomic mass is 9.97. The SMILES string of the molecule is CC(=O)NCC1CCN(c2cc(N)ccn2)CC1. The van der Waals surface area contributed by atoms with E-state index in [-0.39, 0.29) is 5.91 Å². The normalized spacial score (nSPS) is 16.6. The van der Waals surface area contributed by atoms with Crippen molar-refractivity contribution in [3.63, 3.8) is 0 Å². The number of anilines is 2. The predicted octanol–water partition coefficient (Wildman–Crippen LogP) is 1.02. The van der Waals surface area contributed by atoms with Crippen LogP contribution in [0.2, 0.25) is 0 Å². The molecule has 0 spiro atoms. The number of nitrogens with zero attached hydrogens (tertiary/aromatic N) is 2. The molecule has 0 radical (unpaired) electrons. The molecule has 1 aliphatic heterocycles. The zero-order valence-corrected chi connectivity index (χ0v) is 10.7. The van der Waals surface area contributed by atoms with Crippen molar-refractivity contribution in [3.8, 4) is 0 Å². The van der Waals surface area contributed by atoms with Crippen molar-refractivity contribution in [2.45, 2.75) is 19.8 Å². The van der Waals surface area contributed by atoms with Gasteiger partial charge in [0.1, 0.15) is 5.82 Å². The highest BCUT2D eigenvalue weighted by molar-refractivity contribution is 5.72. The number of hydrogen-bond donors (Lipinski definition) is 2. The van der Waals surface area contributed by atoms with Gasteiger partial charge in [-0.15, -0.1) is 0 Å². The highest BCUT2D eigenvalue weighted by Gasteiger charge is 2.20. The number of carbonyl (C=O) groups is 1. The standard InChI is InChI=1S/C13H20N4O/c1-10(18)16-9-11-3-6-17(7-4-11)13-8-12(14)2-5-15-13/h2,5,8,11H,3-4,6-7,9H2,1H3,(H2,14,15)(H,16,18). The Morgan fingerprint density at radius 2 is 2.28 bits per heavy atom. The number of aromatic nitrogens is 1. The van der Waals surface area contributed by atoms with Gasteiger partial charge in [-0.1, -0.05) is 0 Å². The lowest BCUT2D eigenvalue weighted by Crippen LogP contribution is -2.38. The lowest BCUT2D eigenvalue weighted by molar-refractivity contribution is -0.119. The van der Waals surface area contributed by atoms with E-state index < -0.39 is 0 Å².